The van der Waals surface area contributed by atoms with Crippen molar-refractivity contribution in [3.63, 3.8) is 0 Å². The van der Waals surface area contributed by atoms with Crippen LogP contribution in [0.25, 0.3) is 17.2 Å². The highest BCUT2D eigenvalue weighted by atomic mass is 32.2. The van der Waals surface area contributed by atoms with E-state index >= 15 is 0 Å². The predicted octanol–water partition coefficient (Wildman–Crippen LogP) is 2.31. The van der Waals surface area contributed by atoms with Gasteiger partial charge in [0.1, 0.15) is 0 Å². The largest absolute Gasteiger partial charge is 0.288 e. The van der Waals surface area contributed by atoms with Crippen molar-refractivity contribution in [1.82, 2.24) is 14.4 Å². The molecule has 7 nitrogen and oxygen atoms in total. The summed E-state index contributed by atoms with van der Waals surface area (Å²) in [5.74, 6) is -0.702. The molecule has 0 aliphatic rings. The molecule has 0 unspecified atom stereocenters. The Hall–Kier alpha value is -3.23. The van der Waals surface area contributed by atoms with Gasteiger partial charge in [0.25, 0.3) is 15.9 Å². The van der Waals surface area contributed by atoms with Crippen LogP contribution in [-0.4, -0.2) is 28.5 Å². The zero-order valence-electron chi connectivity index (χ0n) is 13.5. The Bertz CT molecular complexity index is 1040. The Kier molecular flexibility index (Phi) is 4.97. The summed E-state index contributed by atoms with van der Waals surface area (Å²) in [4.78, 5) is 15.1. The first-order valence-electron chi connectivity index (χ1n) is 7.57. The van der Waals surface area contributed by atoms with Crippen molar-refractivity contribution in [3.05, 3.63) is 78.9 Å². The Labute approximate surface area is 150 Å². The molecule has 0 atom stereocenters. The number of carbonyl (C=O) groups excluding carboxylic acids is 1. The summed E-state index contributed by atoms with van der Waals surface area (Å²) in [5, 5.41) is 8.45. The molecule has 2 heterocycles. The van der Waals surface area contributed by atoms with Crippen LogP contribution < -0.4 is 5.48 Å². The van der Waals surface area contributed by atoms with Gasteiger partial charge in [-0.3, -0.25) is 15.0 Å². The van der Waals surface area contributed by atoms with Crippen molar-refractivity contribution in [2.45, 2.75) is 4.90 Å². The Morgan fingerprint density at radius 2 is 1.69 bits per heavy atom. The number of rotatable bonds is 5. The number of nitrogens with zero attached hydrogens (tertiary/aromatic N) is 2. The van der Waals surface area contributed by atoms with Crippen LogP contribution in [0.2, 0.25) is 0 Å². The van der Waals surface area contributed by atoms with E-state index in [0.717, 1.165) is 21.2 Å². The molecule has 1 aromatic carbocycles. The number of pyridine rings is 1. The van der Waals surface area contributed by atoms with Crippen molar-refractivity contribution in [2.24, 2.45) is 0 Å². The number of hydroxylamine groups is 1. The third-order valence-electron chi connectivity index (χ3n) is 3.67. The van der Waals surface area contributed by atoms with Crippen molar-refractivity contribution in [3.8, 4) is 11.1 Å². The molecular formula is C18H15N3O4S. The van der Waals surface area contributed by atoms with E-state index in [2.05, 4.69) is 4.98 Å². The molecule has 2 aromatic heterocycles. The van der Waals surface area contributed by atoms with E-state index in [1.807, 2.05) is 12.1 Å². The first-order chi connectivity index (χ1) is 12.5. The molecule has 0 aliphatic heterocycles. The number of nitrogens with one attached hydrogen (secondary N) is 1. The first kappa shape index (κ1) is 17.6. The average molecular weight is 369 g/mol. The first-order valence-corrected chi connectivity index (χ1v) is 9.01. The summed E-state index contributed by atoms with van der Waals surface area (Å²) in [6.07, 6.45) is 8.60. The lowest BCUT2D eigenvalue weighted by molar-refractivity contribution is -0.124. The maximum absolute atomic E-state index is 12.7. The number of hydrogen-bond donors (Lipinski definition) is 2. The molecule has 0 radical (unpaired) electrons. The van der Waals surface area contributed by atoms with Gasteiger partial charge >= 0.3 is 0 Å². The number of benzene rings is 1. The van der Waals surface area contributed by atoms with Crippen LogP contribution in [0.4, 0.5) is 0 Å². The molecule has 8 heteroatoms. The quantitative estimate of drug-likeness (QED) is 0.408. The summed E-state index contributed by atoms with van der Waals surface area (Å²) >= 11 is 0. The number of carbonyl (C=O) groups is 1. The van der Waals surface area contributed by atoms with Crippen LogP contribution in [0.15, 0.2) is 78.2 Å². The SMILES string of the molecule is O=C(C=Cc1ccn(S(=O)(=O)c2ccc(-c3ccncc3)cc2)c1)NO. The summed E-state index contributed by atoms with van der Waals surface area (Å²) < 4.78 is 26.5. The third kappa shape index (κ3) is 3.71. The highest BCUT2D eigenvalue weighted by Gasteiger charge is 2.16. The smallest absolute Gasteiger partial charge is 0.267 e. The number of aromatic nitrogens is 2. The molecule has 26 heavy (non-hydrogen) atoms. The Morgan fingerprint density at radius 3 is 2.35 bits per heavy atom. The van der Waals surface area contributed by atoms with Gasteiger partial charge in [0.2, 0.25) is 0 Å². The summed E-state index contributed by atoms with van der Waals surface area (Å²) in [6, 6.07) is 11.8. The normalized spacial score (nSPS) is 11.6. The van der Waals surface area contributed by atoms with Crippen molar-refractivity contribution < 1.29 is 18.4 Å². The molecule has 0 saturated heterocycles. The predicted molar refractivity (Wildman–Crippen MR) is 95.7 cm³/mol. The van der Waals surface area contributed by atoms with Gasteiger partial charge in [-0.15, -0.1) is 0 Å². The monoisotopic (exact) mass is 369 g/mol. The topological polar surface area (TPSA) is 101 Å². The molecule has 0 aliphatic carbocycles. The highest BCUT2D eigenvalue weighted by molar-refractivity contribution is 7.90. The van der Waals surface area contributed by atoms with Crippen LogP contribution in [-0.2, 0) is 14.8 Å². The molecule has 132 valence electrons. The fraction of sp³-hybridized carbons (Fsp3) is 0. The van der Waals surface area contributed by atoms with E-state index in [1.54, 1.807) is 42.7 Å². The Balaban J connectivity index is 1.85. The van der Waals surface area contributed by atoms with E-state index in [-0.39, 0.29) is 4.90 Å². The fourth-order valence-corrected chi connectivity index (χ4v) is 3.54. The van der Waals surface area contributed by atoms with E-state index in [4.69, 9.17) is 5.21 Å². The van der Waals surface area contributed by atoms with Gasteiger partial charge in [-0.25, -0.2) is 17.9 Å². The molecule has 0 saturated carbocycles. The molecule has 2 N–H and O–H groups in total. The summed E-state index contributed by atoms with van der Waals surface area (Å²) in [5.41, 5.74) is 3.80. The zero-order chi connectivity index (χ0) is 18.6. The number of amides is 1. The van der Waals surface area contributed by atoms with Crippen LogP contribution in [0.1, 0.15) is 5.56 Å². The van der Waals surface area contributed by atoms with Crippen LogP contribution >= 0.6 is 0 Å². The van der Waals surface area contributed by atoms with Gasteiger partial charge in [0, 0.05) is 30.9 Å². The summed E-state index contributed by atoms with van der Waals surface area (Å²) in [6.45, 7) is 0. The minimum absolute atomic E-state index is 0.148. The zero-order valence-corrected chi connectivity index (χ0v) is 14.3. The third-order valence-corrected chi connectivity index (χ3v) is 5.32. The van der Waals surface area contributed by atoms with Gasteiger partial charge in [-0.1, -0.05) is 12.1 Å². The molecule has 1 amide bonds. The van der Waals surface area contributed by atoms with Gasteiger partial charge < -0.3 is 0 Å². The van der Waals surface area contributed by atoms with Crippen molar-refractivity contribution >= 4 is 22.0 Å². The fourth-order valence-electron chi connectivity index (χ4n) is 2.34. The summed E-state index contributed by atoms with van der Waals surface area (Å²) in [7, 11) is -3.74. The van der Waals surface area contributed by atoms with Gasteiger partial charge in [-0.2, -0.15) is 0 Å². The van der Waals surface area contributed by atoms with E-state index < -0.39 is 15.9 Å². The minimum Gasteiger partial charge on any atom is -0.288 e. The lowest BCUT2D eigenvalue weighted by Gasteiger charge is -2.07. The van der Waals surface area contributed by atoms with E-state index in [9.17, 15) is 13.2 Å². The second-order valence-corrected chi connectivity index (χ2v) is 7.19. The lowest BCUT2D eigenvalue weighted by atomic mass is 10.1. The number of hydrogen-bond acceptors (Lipinski definition) is 5. The van der Waals surface area contributed by atoms with Gasteiger partial charge in [0.15, 0.2) is 0 Å². The van der Waals surface area contributed by atoms with E-state index in [0.29, 0.717) is 5.56 Å². The van der Waals surface area contributed by atoms with Gasteiger partial charge in [-0.05, 0) is 53.1 Å². The van der Waals surface area contributed by atoms with Crippen LogP contribution in [0.3, 0.4) is 0 Å². The minimum atomic E-state index is -3.74. The Morgan fingerprint density at radius 1 is 1.04 bits per heavy atom. The maximum atomic E-state index is 12.7. The lowest BCUT2D eigenvalue weighted by Crippen LogP contribution is -2.14. The highest BCUT2D eigenvalue weighted by Crippen LogP contribution is 2.22. The molecular weight excluding hydrogens is 354 g/mol. The molecule has 3 aromatic rings. The standard InChI is InChI=1S/C18H15N3O4S/c22-18(20-23)6-1-14-9-12-21(13-14)26(24,25)17-4-2-15(3-5-17)16-7-10-19-11-8-16/h1-13,23H,(H,20,22). The average Bonchev–Trinajstić information content (AvgIpc) is 3.17. The van der Waals surface area contributed by atoms with Crippen molar-refractivity contribution in [2.75, 3.05) is 0 Å². The molecule has 0 spiro atoms. The van der Waals surface area contributed by atoms with E-state index in [1.165, 1.54) is 23.9 Å². The van der Waals surface area contributed by atoms with Crippen LogP contribution in [0.5, 0.6) is 0 Å². The molecule has 0 bridgehead atoms. The van der Waals surface area contributed by atoms with Gasteiger partial charge in [0.05, 0.1) is 4.90 Å². The second kappa shape index (κ2) is 7.34. The maximum Gasteiger partial charge on any atom is 0.267 e. The molecule has 3 rings (SSSR count). The second-order valence-electron chi connectivity index (χ2n) is 5.35. The van der Waals surface area contributed by atoms with Crippen LogP contribution in [0, 0.1) is 0 Å². The van der Waals surface area contributed by atoms with Crippen molar-refractivity contribution in [1.29, 1.82) is 0 Å². The molecule has 0 fully saturated rings.